The van der Waals surface area contributed by atoms with E-state index in [0.717, 1.165) is 48.1 Å². The summed E-state index contributed by atoms with van der Waals surface area (Å²) in [4.78, 5) is 20.2. The number of hydrogen-bond acceptors (Lipinski definition) is 2. The molecule has 34 heavy (non-hydrogen) atoms. The van der Waals surface area contributed by atoms with Gasteiger partial charge < -0.3 is 14.7 Å². The van der Waals surface area contributed by atoms with Crippen LogP contribution >= 0.6 is 0 Å². The average Bonchev–Trinajstić information content (AvgIpc) is 3.28. The molecule has 1 spiro atoms. The lowest BCUT2D eigenvalue weighted by Gasteiger charge is -2.55. The van der Waals surface area contributed by atoms with Gasteiger partial charge in [-0.3, -0.25) is 0 Å². The lowest BCUT2D eigenvalue weighted by molar-refractivity contribution is -0.0324. The summed E-state index contributed by atoms with van der Waals surface area (Å²) < 4.78 is 0. The Morgan fingerprint density at radius 1 is 1.00 bits per heavy atom. The third-order valence-electron chi connectivity index (χ3n) is 11.9. The molecule has 0 bridgehead atoms. The van der Waals surface area contributed by atoms with Crippen LogP contribution in [-0.2, 0) is 0 Å². The molecule has 192 valence electrons. The second-order valence-corrected chi connectivity index (χ2v) is 13.4. The second kappa shape index (κ2) is 8.82. The minimum atomic E-state index is 0.216. The van der Waals surface area contributed by atoms with Crippen LogP contribution in [-0.4, -0.2) is 65.0 Å². The van der Waals surface area contributed by atoms with Crippen LogP contribution in [0.1, 0.15) is 92.9 Å². The summed E-state index contributed by atoms with van der Waals surface area (Å²) >= 11 is 0. The molecule has 1 heterocycles. The van der Waals surface area contributed by atoms with E-state index in [1.54, 1.807) is 5.57 Å². The van der Waals surface area contributed by atoms with Crippen LogP contribution in [0.15, 0.2) is 11.6 Å². The van der Waals surface area contributed by atoms with E-state index < -0.39 is 0 Å². The molecule has 0 N–H and O–H groups in total. The van der Waals surface area contributed by atoms with E-state index in [0.29, 0.717) is 11.5 Å². The fraction of sp³-hybridized carbons (Fsp3) is 0.900. The molecule has 5 aliphatic rings. The van der Waals surface area contributed by atoms with E-state index in [1.165, 1.54) is 44.9 Å². The lowest BCUT2D eigenvalue weighted by Crippen LogP contribution is -2.53. The van der Waals surface area contributed by atoms with Gasteiger partial charge in [-0.05, 0) is 135 Å². The number of amides is 2. The highest BCUT2D eigenvalue weighted by molar-refractivity contribution is 5.75. The topological polar surface area (TPSA) is 26.8 Å². The van der Waals surface area contributed by atoms with Crippen LogP contribution in [0, 0.1) is 35.0 Å². The van der Waals surface area contributed by atoms with Gasteiger partial charge in [0.25, 0.3) is 0 Å². The van der Waals surface area contributed by atoms with E-state index >= 15 is 0 Å². The molecule has 4 heteroatoms. The van der Waals surface area contributed by atoms with Crippen molar-refractivity contribution in [3.63, 3.8) is 0 Å². The van der Waals surface area contributed by atoms with Crippen LogP contribution in [0.3, 0.4) is 0 Å². The van der Waals surface area contributed by atoms with Gasteiger partial charge in [0.15, 0.2) is 0 Å². The number of allylic oxidation sites excluding steroid dienone is 1. The Morgan fingerprint density at radius 3 is 2.35 bits per heavy atom. The van der Waals surface area contributed by atoms with Crippen LogP contribution < -0.4 is 0 Å². The molecule has 5 rings (SSSR count). The van der Waals surface area contributed by atoms with Gasteiger partial charge in [-0.15, -0.1) is 0 Å². The van der Waals surface area contributed by atoms with Gasteiger partial charge >= 0.3 is 6.03 Å². The molecule has 4 nitrogen and oxygen atoms in total. The van der Waals surface area contributed by atoms with Crippen LogP contribution in [0.5, 0.6) is 0 Å². The van der Waals surface area contributed by atoms with Crippen molar-refractivity contribution in [3.8, 4) is 0 Å². The van der Waals surface area contributed by atoms with E-state index in [-0.39, 0.29) is 18.1 Å². The number of carbonyl (C=O) groups excluding carboxylic acids is 1. The molecule has 3 saturated carbocycles. The summed E-state index contributed by atoms with van der Waals surface area (Å²) in [6.45, 7) is 13.6. The van der Waals surface area contributed by atoms with Gasteiger partial charge in [0.05, 0.1) is 0 Å². The summed E-state index contributed by atoms with van der Waals surface area (Å²) in [6.07, 6.45) is 13.4. The Hall–Kier alpha value is -1.03. The van der Waals surface area contributed by atoms with E-state index in [9.17, 15) is 4.79 Å². The third kappa shape index (κ3) is 3.44. The number of rotatable bonds is 3. The molecule has 4 aliphatic carbocycles. The molecule has 2 amide bonds. The lowest BCUT2D eigenvalue weighted by atomic mass is 9.50. The van der Waals surface area contributed by atoms with Gasteiger partial charge in [0.1, 0.15) is 0 Å². The number of carbonyl (C=O) groups is 1. The second-order valence-electron chi connectivity index (χ2n) is 13.4. The Morgan fingerprint density at radius 2 is 1.68 bits per heavy atom. The van der Waals surface area contributed by atoms with Gasteiger partial charge in [-0.25, -0.2) is 4.79 Å². The van der Waals surface area contributed by atoms with Crippen molar-refractivity contribution in [2.24, 2.45) is 35.0 Å². The number of fused-ring (bicyclic) bond motifs is 4. The maximum absolute atomic E-state index is 13.4. The van der Waals surface area contributed by atoms with Gasteiger partial charge in [0, 0.05) is 37.3 Å². The van der Waals surface area contributed by atoms with Crippen LogP contribution in [0.2, 0.25) is 0 Å². The van der Waals surface area contributed by atoms with Gasteiger partial charge in [-0.1, -0.05) is 11.6 Å². The zero-order valence-corrected chi connectivity index (χ0v) is 23.3. The molecule has 1 aliphatic heterocycles. The zero-order chi connectivity index (χ0) is 24.5. The molecule has 0 aromatic carbocycles. The molecule has 8 unspecified atom stereocenters. The van der Waals surface area contributed by atoms with Crippen molar-refractivity contribution in [1.29, 1.82) is 0 Å². The average molecular weight is 470 g/mol. The molecule has 4 fully saturated rings. The maximum atomic E-state index is 13.4. The zero-order valence-electron chi connectivity index (χ0n) is 23.3. The number of likely N-dealkylation sites (tertiary alicyclic amines) is 1. The minimum Gasteiger partial charge on any atom is -0.324 e. The third-order valence-corrected chi connectivity index (χ3v) is 11.9. The molecular formula is C30H51N3O. The highest BCUT2D eigenvalue weighted by Gasteiger charge is 2.65. The predicted molar refractivity (Wildman–Crippen MR) is 141 cm³/mol. The number of hydrogen-bond donors (Lipinski definition) is 0. The van der Waals surface area contributed by atoms with Crippen molar-refractivity contribution in [1.82, 2.24) is 14.7 Å². The van der Waals surface area contributed by atoms with Crippen molar-refractivity contribution < 1.29 is 4.79 Å². The predicted octanol–water partition coefficient (Wildman–Crippen LogP) is 6.42. The highest BCUT2D eigenvalue weighted by atomic mass is 16.2. The summed E-state index contributed by atoms with van der Waals surface area (Å²) in [5.74, 6) is 4.44. The SMILES string of the molecule is CC(C)N(C(=O)N(C)C1CCC2C(=CCC3C2CCC24C3CCC2C(C)N(C)[C@H]4C)C1)C(C)C. The first kappa shape index (κ1) is 24.7. The molecule has 9 atom stereocenters. The Balaban J connectivity index is 1.32. The minimum absolute atomic E-state index is 0.216. The Bertz CT molecular complexity index is 812. The maximum Gasteiger partial charge on any atom is 0.320 e. The van der Waals surface area contributed by atoms with Crippen molar-refractivity contribution in [2.75, 3.05) is 14.1 Å². The molecule has 0 aromatic heterocycles. The smallest absolute Gasteiger partial charge is 0.320 e. The first-order chi connectivity index (χ1) is 16.1. The Labute approximate surface area is 209 Å². The highest BCUT2D eigenvalue weighted by Crippen LogP contribution is 2.68. The summed E-state index contributed by atoms with van der Waals surface area (Å²) in [5.41, 5.74) is 2.29. The first-order valence-corrected chi connectivity index (χ1v) is 14.6. The Kier molecular flexibility index (Phi) is 6.39. The van der Waals surface area contributed by atoms with Gasteiger partial charge in [0.2, 0.25) is 0 Å². The fourth-order valence-corrected chi connectivity index (χ4v) is 10.3. The number of urea groups is 1. The van der Waals surface area contributed by atoms with E-state index in [1.807, 2.05) is 0 Å². The monoisotopic (exact) mass is 469 g/mol. The van der Waals surface area contributed by atoms with E-state index in [4.69, 9.17) is 0 Å². The van der Waals surface area contributed by atoms with Gasteiger partial charge in [-0.2, -0.15) is 0 Å². The standard InChI is InChI=1S/C30H51N3O/c1-18(2)33(19(3)4)29(34)32(8)23-10-12-24-22(17-23)9-11-26-25(24)15-16-30-21(6)31(7)20(5)27(30)13-14-28(26)30/h9,18-21,23-28H,10-17H2,1-8H3/t20?,21-,23?,24?,25?,26?,27?,28?,30?/m0/s1. The van der Waals surface area contributed by atoms with Crippen molar-refractivity contribution >= 4 is 6.03 Å². The quantitative estimate of drug-likeness (QED) is 0.446. The molecule has 0 aromatic rings. The summed E-state index contributed by atoms with van der Waals surface area (Å²) in [6, 6.07) is 2.56. The van der Waals surface area contributed by atoms with Crippen molar-refractivity contribution in [2.45, 2.75) is 123 Å². The largest absolute Gasteiger partial charge is 0.324 e. The number of nitrogens with zero attached hydrogens (tertiary/aromatic N) is 3. The van der Waals surface area contributed by atoms with Crippen molar-refractivity contribution in [3.05, 3.63) is 11.6 Å². The van der Waals surface area contributed by atoms with Crippen LogP contribution in [0.25, 0.3) is 0 Å². The normalized spacial score (nSPS) is 43.8. The molecular weight excluding hydrogens is 418 g/mol. The fourth-order valence-electron chi connectivity index (χ4n) is 10.3. The molecule has 0 radical (unpaired) electrons. The van der Waals surface area contributed by atoms with Crippen LogP contribution in [0.4, 0.5) is 4.79 Å². The first-order valence-electron chi connectivity index (χ1n) is 14.6. The summed E-state index contributed by atoms with van der Waals surface area (Å²) in [7, 11) is 4.45. The molecule has 1 saturated heterocycles. The van der Waals surface area contributed by atoms with E-state index in [2.05, 4.69) is 76.4 Å². The summed E-state index contributed by atoms with van der Waals surface area (Å²) in [5, 5.41) is 0.